The summed E-state index contributed by atoms with van der Waals surface area (Å²) in [4.78, 5) is 0. The summed E-state index contributed by atoms with van der Waals surface area (Å²) in [6, 6.07) is 5.96. The van der Waals surface area contributed by atoms with Crippen molar-refractivity contribution in [2.75, 3.05) is 0 Å². The summed E-state index contributed by atoms with van der Waals surface area (Å²) in [7, 11) is 0. The van der Waals surface area contributed by atoms with E-state index in [1.54, 1.807) is 0 Å². The molecule has 0 saturated carbocycles. The molecule has 0 heterocycles. The lowest BCUT2D eigenvalue weighted by molar-refractivity contribution is -0.137. The molecular weight excluding hydrogens is 379 g/mol. The van der Waals surface area contributed by atoms with E-state index in [4.69, 9.17) is 11.6 Å². The van der Waals surface area contributed by atoms with Crippen LogP contribution in [0.2, 0.25) is 0 Å². The molecule has 1 atom stereocenters. The fourth-order valence-electron chi connectivity index (χ4n) is 1.76. The number of hydrogen-bond donors (Lipinski definition) is 0. The molecule has 0 amide bonds. The van der Waals surface area contributed by atoms with Crippen molar-refractivity contribution in [3.05, 3.63) is 69.2 Å². The van der Waals surface area contributed by atoms with Crippen LogP contribution < -0.4 is 0 Å². The van der Waals surface area contributed by atoms with Crippen LogP contribution in [0.5, 0.6) is 0 Å². The van der Waals surface area contributed by atoms with Gasteiger partial charge in [-0.2, -0.15) is 13.2 Å². The van der Waals surface area contributed by atoms with Crippen LogP contribution in [0, 0.1) is 11.6 Å². The van der Waals surface area contributed by atoms with Gasteiger partial charge in [-0.15, -0.1) is 11.6 Å². The monoisotopic (exact) mass is 384 g/mol. The number of benzene rings is 2. The molecule has 0 aliphatic rings. The van der Waals surface area contributed by atoms with Crippen molar-refractivity contribution in [2.24, 2.45) is 0 Å². The van der Waals surface area contributed by atoms with Crippen LogP contribution in [0.15, 0.2) is 40.9 Å². The normalized spacial score (nSPS) is 13.3. The fraction of sp³-hybridized carbons (Fsp3) is 0.143. The van der Waals surface area contributed by atoms with Gasteiger partial charge in [0.25, 0.3) is 0 Å². The summed E-state index contributed by atoms with van der Waals surface area (Å²) in [6.07, 6.45) is -4.51. The van der Waals surface area contributed by atoms with Gasteiger partial charge in [0.2, 0.25) is 0 Å². The molecule has 0 aliphatic heterocycles. The molecule has 0 radical (unpaired) electrons. The van der Waals surface area contributed by atoms with Gasteiger partial charge in [0.05, 0.1) is 10.9 Å². The summed E-state index contributed by atoms with van der Waals surface area (Å²) in [6.45, 7) is 0. The second-order valence-electron chi connectivity index (χ2n) is 4.27. The van der Waals surface area contributed by atoms with Crippen LogP contribution in [0.25, 0.3) is 0 Å². The summed E-state index contributed by atoms with van der Waals surface area (Å²) in [5.41, 5.74) is -0.581. The zero-order chi connectivity index (χ0) is 15.8. The average molecular weight is 386 g/mol. The lowest BCUT2D eigenvalue weighted by atomic mass is 10.0. The molecule has 0 aromatic heterocycles. The first-order valence-electron chi connectivity index (χ1n) is 5.66. The molecule has 21 heavy (non-hydrogen) atoms. The standard InChI is InChI=1S/C14H7BrClF5/c15-10-3-2-8(14(19,20)21)6-9(10)13(16)7-1-4-11(17)12(18)5-7/h1-6,13H. The predicted octanol–water partition coefficient (Wildman–Crippen LogP) is 6.07. The molecule has 0 nitrogen and oxygen atoms in total. The van der Waals surface area contributed by atoms with Crippen LogP contribution in [-0.4, -0.2) is 0 Å². The van der Waals surface area contributed by atoms with Gasteiger partial charge in [0, 0.05) is 4.47 Å². The Bertz CT molecular complexity index is 669. The summed E-state index contributed by atoms with van der Waals surface area (Å²) in [5.74, 6) is -2.16. The van der Waals surface area contributed by atoms with Gasteiger partial charge in [-0.3, -0.25) is 0 Å². The van der Waals surface area contributed by atoms with Gasteiger partial charge >= 0.3 is 6.18 Å². The number of hydrogen-bond acceptors (Lipinski definition) is 0. The molecule has 0 aliphatic carbocycles. The predicted molar refractivity (Wildman–Crippen MR) is 73.2 cm³/mol. The highest BCUT2D eigenvalue weighted by molar-refractivity contribution is 9.10. The van der Waals surface area contributed by atoms with Gasteiger partial charge in [0.15, 0.2) is 11.6 Å². The van der Waals surface area contributed by atoms with E-state index >= 15 is 0 Å². The molecule has 0 fully saturated rings. The highest BCUT2D eigenvalue weighted by Gasteiger charge is 2.31. The third kappa shape index (κ3) is 3.55. The highest BCUT2D eigenvalue weighted by atomic mass is 79.9. The zero-order valence-corrected chi connectivity index (χ0v) is 12.5. The van der Waals surface area contributed by atoms with Crippen LogP contribution in [0.3, 0.4) is 0 Å². The Morgan fingerprint density at radius 1 is 0.952 bits per heavy atom. The molecule has 112 valence electrons. The molecule has 2 rings (SSSR count). The van der Waals surface area contributed by atoms with Crippen molar-refractivity contribution in [3.8, 4) is 0 Å². The quantitative estimate of drug-likeness (QED) is 0.434. The second-order valence-corrected chi connectivity index (χ2v) is 5.56. The van der Waals surface area contributed by atoms with Gasteiger partial charge in [-0.05, 0) is 41.5 Å². The molecule has 0 saturated heterocycles. The molecule has 1 unspecified atom stereocenters. The third-order valence-corrected chi connectivity index (χ3v) is 4.04. The third-order valence-electron chi connectivity index (χ3n) is 2.83. The average Bonchev–Trinajstić information content (AvgIpc) is 2.40. The first-order valence-corrected chi connectivity index (χ1v) is 6.88. The topological polar surface area (TPSA) is 0 Å². The van der Waals surface area contributed by atoms with Crippen LogP contribution in [0.1, 0.15) is 22.1 Å². The Balaban J connectivity index is 2.47. The lowest BCUT2D eigenvalue weighted by Crippen LogP contribution is -2.06. The van der Waals surface area contributed by atoms with Crippen LogP contribution in [-0.2, 0) is 6.18 Å². The van der Waals surface area contributed by atoms with Crippen molar-refractivity contribution in [1.82, 2.24) is 0 Å². The van der Waals surface area contributed by atoms with Gasteiger partial charge in [0.1, 0.15) is 0 Å². The number of rotatable bonds is 2. The van der Waals surface area contributed by atoms with E-state index in [1.807, 2.05) is 0 Å². The van der Waals surface area contributed by atoms with E-state index in [9.17, 15) is 22.0 Å². The van der Waals surface area contributed by atoms with E-state index in [0.29, 0.717) is 4.47 Å². The minimum Gasteiger partial charge on any atom is -0.204 e. The molecule has 0 spiro atoms. The van der Waals surface area contributed by atoms with Crippen molar-refractivity contribution in [3.63, 3.8) is 0 Å². The first kappa shape index (κ1) is 16.2. The molecule has 2 aromatic carbocycles. The van der Waals surface area contributed by atoms with Gasteiger partial charge in [-0.25, -0.2) is 8.78 Å². The summed E-state index contributed by atoms with van der Waals surface area (Å²) in [5, 5.41) is -1.04. The Hall–Kier alpha value is -1.14. The van der Waals surface area contributed by atoms with Crippen molar-refractivity contribution in [1.29, 1.82) is 0 Å². The lowest BCUT2D eigenvalue weighted by Gasteiger charge is -2.15. The Morgan fingerprint density at radius 2 is 1.62 bits per heavy atom. The second kappa shape index (κ2) is 5.93. The summed E-state index contributed by atoms with van der Waals surface area (Å²) < 4.78 is 64.6. The maximum absolute atomic E-state index is 13.2. The SMILES string of the molecule is Fc1ccc(C(Cl)c2cc(C(F)(F)F)ccc2Br)cc1F. The Morgan fingerprint density at radius 3 is 2.19 bits per heavy atom. The van der Waals surface area contributed by atoms with Crippen LogP contribution >= 0.6 is 27.5 Å². The van der Waals surface area contributed by atoms with E-state index < -0.39 is 28.8 Å². The molecule has 2 aromatic rings. The van der Waals surface area contributed by atoms with E-state index in [1.165, 1.54) is 12.1 Å². The fourth-order valence-corrected chi connectivity index (χ4v) is 2.69. The zero-order valence-electron chi connectivity index (χ0n) is 10.2. The van der Waals surface area contributed by atoms with E-state index in [2.05, 4.69) is 15.9 Å². The smallest absolute Gasteiger partial charge is 0.204 e. The molecule has 0 bridgehead atoms. The molecule has 7 heteroatoms. The summed E-state index contributed by atoms with van der Waals surface area (Å²) >= 11 is 9.21. The minimum absolute atomic E-state index is 0.123. The van der Waals surface area contributed by atoms with Gasteiger partial charge in [-0.1, -0.05) is 22.0 Å². The van der Waals surface area contributed by atoms with E-state index in [0.717, 1.165) is 24.3 Å². The number of alkyl halides is 4. The van der Waals surface area contributed by atoms with Crippen LogP contribution in [0.4, 0.5) is 22.0 Å². The maximum atomic E-state index is 13.2. The Kier molecular flexibility index (Phi) is 4.58. The largest absolute Gasteiger partial charge is 0.416 e. The number of halogens is 7. The first-order chi connectivity index (χ1) is 9.70. The van der Waals surface area contributed by atoms with Crippen molar-refractivity contribution < 1.29 is 22.0 Å². The van der Waals surface area contributed by atoms with E-state index in [-0.39, 0.29) is 11.1 Å². The van der Waals surface area contributed by atoms with Crippen molar-refractivity contribution in [2.45, 2.75) is 11.6 Å². The maximum Gasteiger partial charge on any atom is 0.416 e. The molecular formula is C14H7BrClF5. The van der Waals surface area contributed by atoms with Crippen molar-refractivity contribution >= 4 is 27.5 Å². The molecule has 0 N–H and O–H groups in total. The Labute approximate surface area is 130 Å². The highest BCUT2D eigenvalue weighted by Crippen LogP contribution is 2.38. The van der Waals surface area contributed by atoms with Gasteiger partial charge < -0.3 is 0 Å². The minimum atomic E-state index is -4.51.